The van der Waals surface area contributed by atoms with E-state index < -0.39 is 11.5 Å². The first-order valence-electron chi connectivity index (χ1n) is 10.6. The first-order valence-corrected chi connectivity index (χ1v) is 10.6. The summed E-state index contributed by atoms with van der Waals surface area (Å²) in [5.74, 6) is 0.446. The highest BCUT2D eigenvalue weighted by atomic mass is 35.5. The SMILES string of the molecule is Cc1cc(C2CCCNC2)oc(=O)c1C(=O)Nc1cccc(CN2CCCC2)c1.Cl.Cl. The highest BCUT2D eigenvalue weighted by molar-refractivity contribution is 6.04. The van der Waals surface area contributed by atoms with Crippen LogP contribution in [0.25, 0.3) is 0 Å². The number of rotatable bonds is 5. The zero-order valence-electron chi connectivity index (χ0n) is 17.8. The van der Waals surface area contributed by atoms with E-state index in [0.717, 1.165) is 51.1 Å². The van der Waals surface area contributed by atoms with Crippen LogP contribution < -0.4 is 16.3 Å². The van der Waals surface area contributed by atoms with Gasteiger partial charge in [0.15, 0.2) is 0 Å². The number of piperidine rings is 1. The van der Waals surface area contributed by atoms with Gasteiger partial charge in [0.25, 0.3) is 5.91 Å². The van der Waals surface area contributed by atoms with Gasteiger partial charge in [-0.25, -0.2) is 4.79 Å². The van der Waals surface area contributed by atoms with Crippen LogP contribution >= 0.6 is 24.8 Å². The van der Waals surface area contributed by atoms with Crippen LogP contribution in [0.1, 0.15) is 58.8 Å². The number of carbonyl (C=O) groups excluding carboxylic acids is 1. The van der Waals surface area contributed by atoms with Crippen molar-refractivity contribution in [2.45, 2.75) is 45.1 Å². The van der Waals surface area contributed by atoms with Crippen LogP contribution in [0, 0.1) is 6.92 Å². The number of nitrogens with zero attached hydrogens (tertiary/aromatic N) is 1. The summed E-state index contributed by atoms with van der Waals surface area (Å²) in [7, 11) is 0. The van der Waals surface area contributed by atoms with E-state index in [0.29, 0.717) is 17.0 Å². The number of hydrogen-bond acceptors (Lipinski definition) is 5. The van der Waals surface area contributed by atoms with E-state index in [9.17, 15) is 9.59 Å². The van der Waals surface area contributed by atoms with E-state index in [1.807, 2.05) is 24.3 Å². The quantitative estimate of drug-likeness (QED) is 0.691. The van der Waals surface area contributed by atoms with E-state index >= 15 is 0 Å². The molecule has 170 valence electrons. The molecular weight excluding hydrogens is 437 g/mol. The average molecular weight is 468 g/mol. The summed E-state index contributed by atoms with van der Waals surface area (Å²) in [6.45, 7) is 6.73. The fourth-order valence-corrected chi connectivity index (χ4v) is 4.34. The molecule has 1 atom stereocenters. The number of halogens is 2. The van der Waals surface area contributed by atoms with E-state index in [4.69, 9.17) is 4.42 Å². The van der Waals surface area contributed by atoms with Gasteiger partial charge in [-0.05, 0) is 81.6 Å². The molecule has 4 rings (SSSR count). The third kappa shape index (κ3) is 6.32. The normalized spacial score (nSPS) is 18.7. The highest BCUT2D eigenvalue weighted by Crippen LogP contribution is 2.24. The van der Waals surface area contributed by atoms with Gasteiger partial charge in [0, 0.05) is 24.7 Å². The molecule has 3 heterocycles. The molecule has 1 unspecified atom stereocenters. The second-order valence-corrected chi connectivity index (χ2v) is 8.18. The maximum Gasteiger partial charge on any atom is 0.349 e. The lowest BCUT2D eigenvalue weighted by Gasteiger charge is -2.22. The molecule has 1 aromatic carbocycles. The summed E-state index contributed by atoms with van der Waals surface area (Å²) in [6.07, 6.45) is 4.55. The van der Waals surface area contributed by atoms with Crippen LogP contribution in [-0.4, -0.2) is 37.0 Å². The lowest BCUT2D eigenvalue weighted by molar-refractivity contribution is 0.102. The molecule has 2 N–H and O–H groups in total. The van der Waals surface area contributed by atoms with Gasteiger partial charge in [-0.3, -0.25) is 9.69 Å². The summed E-state index contributed by atoms with van der Waals surface area (Å²) >= 11 is 0. The van der Waals surface area contributed by atoms with Crippen molar-refractivity contribution in [1.82, 2.24) is 10.2 Å². The summed E-state index contributed by atoms with van der Waals surface area (Å²) < 4.78 is 5.54. The lowest BCUT2D eigenvalue weighted by Crippen LogP contribution is -2.30. The van der Waals surface area contributed by atoms with Gasteiger partial charge in [-0.1, -0.05) is 12.1 Å². The molecule has 0 spiro atoms. The van der Waals surface area contributed by atoms with Crippen molar-refractivity contribution in [1.29, 1.82) is 0 Å². The Kier molecular flexibility index (Phi) is 9.56. The zero-order chi connectivity index (χ0) is 20.2. The van der Waals surface area contributed by atoms with E-state index in [2.05, 4.69) is 21.6 Å². The second kappa shape index (κ2) is 11.7. The number of aryl methyl sites for hydroxylation is 1. The minimum atomic E-state index is -0.559. The molecular formula is C23H31Cl2N3O3. The van der Waals surface area contributed by atoms with Gasteiger partial charge in [0.2, 0.25) is 0 Å². The Morgan fingerprint density at radius 1 is 1.19 bits per heavy atom. The molecule has 0 aliphatic carbocycles. The van der Waals surface area contributed by atoms with Gasteiger partial charge in [-0.15, -0.1) is 24.8 Å². The third-order valence-electron chi connectivity index (χ3n) is 5.88. The summed E-state index contributed by atoms with van der Waals surface area (Å²) in [6, 6.07) is 9.69. The van der Waals surface area contributed by atoms with Crippen LogP contribution in [0.5, 0.6) is 0 Å². The maximum absolute atomic E-state index is 12.8. The smallest absolute Gasteiger partial charge is 0.349 e. The molecule has 6 nitrogen and oxygen atoms in total. The molecule has 2 aliphatic heterocycles. The molecule has 2 aromatic rings. The number of anilines is 1. The predicted octanol–water partition coefficient (Wildman–Crippen LogP) is 4.11. The Morgan fingerprint density at radius 3 is 2.65 bits per heavy atom. The van der Waals surface area contributed by atoms with Crippen molar-refractivity contribution in [3.8, 4) is 0 Å². The Morgan fingerprint density at radius 2 is 1.97 bits per heavy atom. The molecule has 0 saturated carbocycles. The number of nitrogens with one attached hydrogen (secondary N) is 2. The van der Waals surface area contributed by atoms with Crippen LogP contribution in [0.4, 0.5) is 5.69 Å². The minimum absolute atomic E-state index is 0. The highest BCUT2D eigenvalue weighted by Gasteiger charge is 2.22. The molecule has 1 aromatic heterocycles. The van der Waals surface area contributed by atoms with Gasteiger partial charge in [0.05, 0.1) is 0 Å². The maximum atomic E-state index is 12.8. The predicted molar refractivity (Wildman–Crippen MR) is 128 cm³/mol. The topological polar surface area (TPSA) is 74.6 Å². The monoisotopic (exact) mass is 467 g/mol. The van der Waals surface area contributed by atoms with Gasteiger partial charge >= 0.3 is 5.63 Å². The molecule has 2 fully saturated rings. The first kappa shape index (κ1) is 25.4. The van der Waals surface area contributed by atoms with Gasteiger partial charge in [0.1, 0.15) is 11.3 Å². The first-order chi connectivity index (χ1) is 14.1. The van der Waals surface area contributed by atoms with E-state index in [-0.39, 0.29) is 36.3 Å². The molecule has 2 saturated heterocycles. The Balaban J connectivity index is 0.00000171. The molecule has 2 aliphatic rings. The lowest BCUT2D eigenvalue weighted by atomic mass is 9.95. The molecule has 31 heavy (non-hydrogen) atoms. The fourth-order valence-electron chi connectivity index (χ4n) is 4.34. The Labute approximate surface area is 195 Å². The van der Waals surface area contributed by atoms with Crippen molar-refractivity contribution in [2.24, 2.45) is 0 Å². The number of carbonyl (C=O) groups is 1. The summed E-state index contributed by atoms with van der Waals surface area (Å²) in [5, 5.41) is 6.20. The Bertz CT molecular complexity index is 936. The standard InChI is InChI=1S/C23H29N3O3.2ClH/c1-16-12-20(18-7-5-9-24-14-18)29-23(28)21(16)22(27)25-19-8-4-6-17(13-19)15-26-10-2-3-11-26;;/h4,6,8,12-13,18,24H,2-3,5,7,9-11,14-15H2,1H3,(H,25,27);2*1H. The van der Waals surface area contributed by atoms with Crippen LogP contribution in [0.2, 0.25) is 0 Å². The van der Waals surface area contributed by atoms with Crippen molar-refractivity contribution >= 4 is 36.4 Å². The average Bonchev–Trinajstić information content (AvgIpc) is 3.21. The van der Waals surface area contributed by atoms with Crippen LogP contribution in [-0.2, 0) is 6.54 Å². The number of benzene rings is 1. The number of amides is 1. The molecule has 0 bridgehead atoms. The van der Waals surface area contributed by atoms with Crippen molar-refractivity contribution < 1.29 is 9.21 Å². The van der Waals surface area contributed by atoms with Crippen LogP contribution in [0.3, 0.4) is 0 Å². The summed E-state index contributed by atoms with van der Waals surface area (Å²) in [5.41, 5.74) is 2.05. The van der Waals surface area contributed by atoms with Gasteiger partial charge in [-0.2, -0.15) is 0 Å². The van der Waals surface area contributed by atoms with Crippen LogP contribution in [0.15, 0.2) is 39.5 Å². The molecule has 8 heteroatoms. The minimum Gasteiger partial charge on any atom is -0.427 e. The molecule has 1 amide bonds. The van der Waals surface area contributed by atoms with Gasteiger partial charge < -0.3 is 15.1 Å². The molecule has 0 radical (unpaired) electrons. The third-order valence-corrected chi connectivity index (χ3v) is 5.88. The van der Waals surface area contributed by atoms with Crippen molar-refractivity contribution in [3.05, 3.63) is 63.2 Å². The Hall–Kier alpha value is -1.86. The van der Waals surface area contributed by atoms with Crippen molar-refractivity contribution in [3.63, 3.8) is 0 Å². The second-order valence-electron chi connectivity index (χ2n) is 8.18. The van der Waals surface area contributed by atoms with E-state index in [1.165, 1.54) is 12.8 Å². The number of hydrogen-bond donors (Lipinski definition) is 2. The van der Waals surface area contributed by atoms with E-state index in [1.54, 1.807) is 6.92 Å². The summed E-state index contributed by atoms with van der Waals surface area (Å²) in [4.78, 5) is 27.8. The fraction of sp³-hybridized carbons (Fsp3) is 0.478. The zero-order valence-corrected chi connectivity index (χ0v) is 19.4. The van der Waals surface area contributed by atoms with Crippen molar-refractivity contribution in [2.75, 3.05) is 31.5 Å². The largest absolute Gasteiger partial charge is 0.427 e. The number of likely N-dealkylation sites (tertiary alicyclic amines) is 1.